The summed E-state index contributed by atoms with van der Waals surface area (Å²) in [4.78, 5) is 74.8. The zero-order chi connectivity index (χ0) is 49.5. The molecule has 3 amide bonds. The van der Waals surface area contributed by atoms with Crippen LogP contribution >= 0.6 is 0 Å². The van der Waals surface area contributed by atoms with Gasteiger partial charge in [0.2, 0.25) is 17.6 Å². The zero-order valence-corrected chi connectivity index (χ0v) is 38.9. The van der Waals surface area contributed by atoms with Crippen LogP contribution in [0.4, 0.5) is 40.6 Å². The monoisotopic (exact) mass is 961 g/mol. The van der Waals surface area contributed by atoms with Gasteiger partial charge in [0.1, 0.15) is 11.6 Å². The number of carbonyl (C=O) groups is 4. The van der Waals surface area contributed by atoms with Gasteiger partial charge in [-0.1, -0.05) is 0 Å². The van der Waals surface area contributed by atoms with Crippen molar-refractivity contribution in [3.05, 3.63) is 119 Å². The lowest BCUT2D eigenvalue weighted by molar-refractivity contribution is -0.122. The minimum atomic E-state index is -0.977. The van der Waals surface area contributed by atoms with Crippen LogP contribution < -0.4 is 25.3 Å². The maximum Gasteiger partial charge on any atom is 0.286 e. The number of anilines is 4. The van der Waals surface area contributed by atoms with Crippen LogP contribution in [-0.2, 0) is 9.59 Å². The van der Waals surface area contributed by atoms with Crippen LogP contribution in [0.2, 0.25) is 0 Å². The molecular formula is C49H51F4N13O4. The van der Waals surface area contributed by atoms with E-state index in [1.165, 1.54) is 19.1 Å². The molecule has 0 radical (unpaired) electrons. The Hall–Kier alpha value is -7.58. The number of Topliss-reactive ketones (excluding diaryl/α,β-unsaturated/α-hetero) is 1. The van der Waals surface area contributed by atoms with Gasteiger partial charge in [-0.15, -0.1) is 0 Å². The van der Waals surface area contributed by atoms with Gasteiger partial charge in [0.25, 0.3) is 5.91 Å². The Morgan fingerprint density at radius 1 is 0.557 bits per heavy atom. The Balaban J connectivity index is 0.000000174. The van der Waals surface area contributed by atoms with Crippen molar-refractivity contribution in [2.45, 2.75) is 96.1 Å². The molecule has 4 saturated heterocycles. The van der Waals surface area contributed by atoms with Crippen LogP contribution in [-0.4, -0.2) is 100 Å². The van der Waals surface area contributed by atoms with Crippen LogP contribution in [0.3, 0.4) is 0 Å². The number of halogens is 4. The van der Waals surface area contributed by atoms with Gasteiger partial charge in [-0.2, -0.15) is 10.2 Å². The van der Waals surface area contributed by atoms with Crippen molar-refractivity contribution in [1.82, 2.24) is 39.5 Å². The number of aromatic nitrogens is 8. The number of carbonyl (C=O) groups excluding carboxylic acids is 4. The molecule has 2 N–H and O–H groups in total. The van der Waals surface area contributed by atoms with Crippen molar-refractivity contribution in [2.75, 3.05) is 45.8 Å². The molecule has 364 valence electrons. The number of primary amides is 1. The van der Waals surface area contributed by atoms with E-state index < -0.39 is 40.3 Å². The summed E-state index contributed by atoms with van der Waals surface area (Å²) >= 11 is 0. The number of rotatable bonds is 8. The number of piperidine rings is 4. The highest BCUT2D eigenvalue weighted by molar-refractivity contribution is 5.97. The number of hydrogen-bond donors (Lipinski definition) is 1. The molecule has 0 atom stereocenters. The first-order valence-corrected chi connectivity index (χ1v) is 23.2. The van der Waals surface area contributed by atoms with Gasteiger partial charge in [-0.3, -0.25) is 19.2 Å². The Bertz CT molecular complexity index is 2800. The van der Waals surface area contributed by atoms with Gasteiger partial charge < -0.3 is 25.3 Å². The van der Waals surface area contributed by atoms with E-state index in [4.69, 9.17) is 5.73 Å². The van der Waals surface area contributed by atoms with E-state index in [1.807, 2.05) is 24.9 Å². The van der Waals surface area contributed by atoms with Gasteiger partial charge in [0.15, 0.2) is 46.5 Å². The lowest BCUT2D eigenvalue weighted by atomic mass is 9.78. The second-order valence-electron chi connectivity index (χ2n) is 18.4. The molecule has 21 heteroatoms. The molecule has 0 bridgehead atoms. The van der Waals surface area contributed by atoms with Crippen molar-refractivity contribution >= 4 is 46.5 Å². The topological polar surface area (TPSA) is 194 Å². The van der Waals surface area contributed by atoms with Gasteiger partial charge in [0.05, 0.1) is 23.5 Å². The standard InChI is InChI=1S/C25H26F2N6O2.C24H25F2N7O2/c1-16-14-28-32(15-16)22-13-21(29-24(30-22)17(2)34)31-10-8-25(9-11-31)7-3-4-23(35)33(25)18-5-6-19(26)20(27)12-18;1-15-13-28-32(14-15)20-12-19(29-23(30-20)22(27)35)31-9-7-24(8-10-31)6-2-3-21(34)33(24)16-4-5-17(25)18(26)11-16/h5-6,12-15H,3-4,7-11H2,1-2H3;4-5,11-14H,2-3,6-10H2,1H3,(H2,27,35). The van der Waals surface area contributed by atoms with Crippen LogP contribution in [0.15, 0.2) is 73.3 Å². The molecule has 4 aliphatic rings. The quantitative estimate of drug-likeness (QED) is 0.123. The summed E-state index contributed by atoms with van der Waals surface area (Å²) in [6.07, 6.45) is 13.3. The van der Waals surface area contributed by atoms with Crippen molar-refractivity contribution in [1.29, 1.82) is 0 Å². The highest BCUT2D eigenvalue weighted by Crippen LogP contribution is 2.44. The molecule has 8 heterocycles. The summed E-state index contributed by atoms with van der Waals surface area (Å²) in [5.41, 5.74) is 7.16. The zero-order valence-electron chi connectivity index (χ0n) is 38.9. The summed E-state index contributed by atoms with van der Waals surface area (Å²) in [6.45, 7) is 7.50. The van der Waals surface area contributed by atoms with Crippen LogP contribution in [0.5, 0.6) is 0 Å². The molecule has 4 fully saturated rings. The Morgan fingerprint density at radius 2 is 0.957 bits per heavy atom. The fourth-order valence-electron chi connectivity index (χ4n) is 10.2. The van der Waals surface area contributed by atoms with Crippen molar-refractivity contribution in [3.8, 4) is 11.6 Å². The minimum absolute atomic E-state index is 0.0760. The van der Waals surface area contributed by atoms with E-state index in [2.05, 4.69) is 35.0 Å². The molecule has 6 aromatic rings. The maximum atomic E-state index is 14.0. The van der Waals surface area contributed by atoms with Gasteiger partial charge in [-0.05, 0) is 101 Å². The van der Waals surface area contributed by atoms with E-state index in [1.54, 1.807) is 49.9 Å². The largest absolute Gasteiger partial charge is 0.363 e. The first-order chi connectivity index (χ1) is 33.5. The second kappa shape index (κ2) is 19.1. The van der Waals surface area contributed by atoms with E-state index in [-0.39, 0.29) is 29.2 Å². The lowest BCUT2D eigenvalue weighted by Gasteiger charge is -2.51. The number of nitrogens with two attached hydrogens (primary N) is 1. The molecule has 4 aliphatic heterocycles. The minimum Gasteiger partial charge on any atom is -0.363 e. The van der Waals surface area contributed by atoms with Crippen LogP contribution in [0.25, 0.3) is 11.6 Å². The third-order valence-corrected chi connectivity index (χ3v) is 13.7. The molecule has 0 aliphatic carbocycles. The normalized spacial score (nSPS) is 17.8. The molecule has 17 nitrogen and oxygen atoms in total. The first-order valence-electron chi connectivity index (χ1n) is 23.2. The van der Waals surface area contributed by atoms with Crippen LogP contribution in [0.1, 0.15) is 103 Å². The third kappa shape index (κ3) is 9.43. The number of hydrogen-bond acceptors (Lipinski definition) is 12. The Morgan fingerprint density at radius 3 is 1.33 bits per heavy atom. The van der Waals surface area contributed by atoms with Gasteiger partial charge in [-0.25, -0.2) is 46.9 Å². The molecular weight excluding hydrogens is 911 g/mol. The summed E-state index contributed by atoms with van der Waals surface area (Å²) in [7, 11) is 0. The molecule has 2 spiro atoms. The number of benzene rings is 2. The van der Waals surface area contributed by atoms with Crippen molar-refractivity contribution < 1.29 is 36.7 Å². The number of nitrogens with zero attached hydrogens (tertiary/aromatic N) is 12. The molecule has 0 unspecified atom stereocenters. The number of amides is 3. The predicted octanol–water partition coefficient (Wildman–Crippen LogP) is 6.91. The molecule has 2 aromatic carbocycles. The Kier molecular flexibility index (Phi) is 12.9. The van der Waals surface area contributed by atoms with Crippen molar-refractivity contribution in [3.63, 3.8) is 0 Å². The summed E-state index contributed by atoms with van der Waals surface area (Å²) < 4.78 is 58.3. The van der Waals surface area contributed by atoms with E-state index in [0.29, 0.717) is 99.4 Å². The number of ketones is 1. The summed E-state index contributed by atoms with van der Waals surface area (Å²) in [6, 6.07) is 10.8. The number of aryl methyl sites for hydroxylation is 2. The SMILES string of the molecule is CC(=O)c1nc(N2CCC3(CCCC(=O)N3c3ccc(F)c(F)c3)CC2)cc(-n2cc(C)cn2)n1.Cc1cnn(-c2cc(N3CCC4(CCCC(=O)N4c4ccc(F)c(F)c4)CC3)nc(C(N)=O)n2)c1. The van der Waals surface area contributed by atoms with Gasteiger partial charge in [0, 0.05) is 94.0 Å². The molecule has 70 heavy (non-hydrogen) atoms. The molecule has 0 saturated carbocycles. The molecule has 10 rings (SSSR count). The fourth-order valence-corrected chi connectivity index (χ4v) is 10.2. The highest BCUT2D eigenvalue weighted by Gasteiger charge is 2.47. The fraction of sp³-hybridized carbons (Fsp3) is 0.388. The lowest BCUT2D eigenvalue weighted by Crippen LogP contribution is -2.60. The average molecular weight is 962 g/mol. The average Bonchev–Trinajstić information content (AvgIpc) is 3.99. The second-order valence-corrected chi connectivity index (χ2v) is 18.4. The van der Waals surface area contributed by atoms with E-state index in [0.717, 1.165) is 61.1 Å². The Labute approximate surface area is 400 Å². The molecule has 4 aromatic heterocycles. The van der Waals surface area contributed by atoms with Crippen LogP contribution in [0, 0.1) is 37.1 Å². The van der Waals surface area contributed by atoms with E-state index >= 15 is 0 Å². The smallest absolute Gasteiger partial charge is 0.286 e. The first kappa shape index (κ1) is 47.5. The summed E-state index contributed by atoms with van der Waals surface area (Å²) in [5.74, 6) is -2.89. The predicted molar refractivity (Wildman–Crippen MR) is 250 cm³/mol. The van der Waals surface area contributed by atoms with Crippen molar-refractivity contribution in [2.24, 2.45) is 5.73 Å². The van der Waals surface area contributed by atoms with E-state index in [9.17, 15) is 36.7 Å². The third-order valence-electron chi connectivity index (χ3n) is 13.7. The summed E-state index contributed by atoms with van der Waals surface area (Å²) in [5, 5.41) is 8.56. The van der Waals surface area contributed by atoms with Gasteiger partial charge >= 0.3 is 0 Å². The maximum absolute atomic E-state index is 14.0. The highest BCUT2D eigenvalue weighted by atomic mass is 19.2.